The molecule has 4 aromatic rings. The third-order valence-corrected chi connectivity index (χ3v) is 5.33. The normalized spacial score (nSPS) is 14.4. The van der Waals surface area contributed by atoms with Gasteiger partial charge in [-0.2, -0.15) is 4.98 Å². The number of likely N-dealkylation sites (tertiary alicyclic amines) is 1. The number of aromatic nitrogens is 3. The van der Waals surface area contributed by atoms with Crippen molar-refractivity contribution in [3.63, 3.8) is 0 Å². The number of carbonyl (C=O) groups is 1. The molecule has 0 radical (unpaired) electrons. The lowest BCUT2D eigenvalue weighted by molar-refractivity contribution is -0.136. The van der Waals surface area contributed by atoms with Gasteiger partial charge in [0, 0.05) is 35.4 Å². The predicted octanol–water partition coefficient (Wildman–Crippen LogP) is 3.97. The maximum atomic E-state index is 12.6. The van der Waals surface area contributed by atoms with E-state index < -0.39 is 0 Å². The molecule has 1 aliphatic heterocycles. The number of para-hydroxylation sites is 1. The first kappa shape index (κ1) is 17.0. The Labute approximate surface area is 166 Å². The van der Waals surface area contributed by atoms with Crippen molar-refractivity contribution in [3.05, 3.63) is 71.7 Å². The third kappa shape index (κ3) is 3.05. The zero-order valence-electron chi connectivity index (χ0n) is 15.0. The minimum atomic E-state index is 0.0748. The van der Waals surface area contributed by atoms with E-state index in [1.165, 1.54) is 0 Å². The van der Waals surface area contributed by atoms with E-state index in [4.69, 9.17) is 16.1 Å². The summed E-state index contributed by atoms with van der Waals surface area (Å²) in [6.07, 6.45) is 1.95. The summed E-state index contributed by atoms with van der Waals surface area (Å²) in [5, 5.41) is 5.81. The second kappa shape index (κ2) is 6.80. The smallest absolute Gasteiger partial charge is 0.242 e. The van der Waals surface area contributed by atoms with Gasteiger partial charge in [0.25, 0.3) is 0 Å². The lowest BCUT2D eigenvalue weighted by Crippen LogP contribution is -2.49. The number of hydrogen-bond acceptors (Lipinski definition) is 4. The van der Waals surface area contributed by atoms with Gasteiger partial charge in [0.05, 0.1) is 5.92 Å². The van der Waals surface area contributed by atoms with Crippen LogP contribution in [0.25, 0.3) is 22.3 Å². The van der Waals surface area contributed by atoms with Gasteiger partial charge in [-0.15, -0.1) is 0 Å². The zero-order valence-corrected chi connectivity index (χ0v) is 15.7. The summed E-state index contributed by atoms with van der Waals surface area (Å²) in [7, 11) is 0. The number of hydrogen-bond donors (Lipinski definition) is 0. The highest BCUT2D eigenvalue weighted by Gasteiger charge is 2.35. The molecular weight excluding hydrogens is 376 g/mol. The van der Waals surface area contributed by atoms with Crippen molar-refractivity contribution >= 4 is 28.4 Å². The van der Waals surface area contributed by atoms with E-state index >= 15 is 0 Å². The molecular formula is C21H17ClN4O2. The number of amides is 1. The molecule has 0 atom stereocenters. The highest BCUT2D eigenvalue weighted by Crippen LogP contribution is 2.28. The standard InChI is InChI=1S/C21H17ClN4O2/c22-17-6-3-5-15(10-17)20-23-21(28-24-20)16-11-26(12-16)19(27)13-25-9-8-14-4-1-2-7-18(14)25/h1-10,16H,11-13H2. The van der Waals surface area contributed by atoms with Gasteiger partial charge in [-0.25, -0.2) is 0 Å². The molecule has 1 amide bonds. The fraction of sp³-hybridized carbons (Fsp3) is 0.190. The van der Waals surface area contributed by atoms with Crippen LogP contribution in [-0.2, 0) is 11.3 Å². The van der Waals surface area contributed by atoms with Crippen molar-refractivity contribution in [2.75, 3.05) is 13.1 Å². The molecule has 3 heterocycles. The van der Waals surface area contributed by atoms with E-state index in [9.17, 15) is 4.79 Å². The minimum absolute atomic E-state index is 0.0748. The van der Waals surface area contributed by atoms with Crippen LogP contribution < -0.4 is 0 Å². The van der Waals surface area contributed by atoms with Crippen molar-refractivity contribution in [2.24, 2.45) is 0 Å². The second-order valence-corrected chi connectivity index (χ2v) is 7.40. The van der Waals surface area contributed by atoms with Gasteiger partial charge in [-0.3, -0.25) is 4.79 Å². The molecule has 6 nitrogen and oxygen atoms in total. The van der Waals surface area contributed by atoms with Gasteiger partial charge >= 0.3 is 0 Å². The molecule has 0 spiro atoms. The molecule has 0 unspecified atom stereocenters. The van der Waals surface area contributed by atoms with E-state index in [1.807, 2.05) is 58.1 Å². The lowest BCUT2D eigenvalue weighted by Gasteiger charge is -2.37. The van der Waals surface area contributed by atoms with Crippen molar-refractivity contribution in [1.29, 1.82) is 0 Å². The second-order valence-electron chi connectivity index (χ2n) is 6.96. The van der Waals surface area contributed by atoms with Gasteiger partial charge in [0.2, 0.25) is 17.6 Å². The minimum Gasteiger partial charge on any atom is -0.339 e. The molecule has 0 saturated carbocycles. The molecule has 0 aliphatic carbocycles. The Morgan fingerprint density at radius 2 is 2.00 bits per heavy atom. The van der Waals surface area contributed by atoms with E-state index in [0.717, 1.165) is 16.5 Å². The number of carbonyl (C=O) groups excluding carboxylic acids is 1. The number of rotatable bonds is 4. The van der Waals surface area contributed by atoms with Crippen LogP contribution in [0.1, 0.15) is 11.8 Å². The van der Waals surface area contributed by atoms with Crippen LogP contribution in [0.5, 0.6) is 0 Å². The molecule has 7 heteroatoms. The first-order valence-corrected chi connectivity index (χ1v) is 9.46. The van der Waals surface area contributed by atoms with Gasteiger partial charge in [-0.05, 0) is 29.7 Å². The first-order valence-electron chi connectivity index (χ1n) is 9.08. The van der Waals surface area contributed by atoms with Crippen LogP contribution in [0.3, 0.4) is 0 Å². The van der Waals surface area contributed by atoms with Gasteiger partial charge < -0.3 is 14.0 Å². The summed E-state index contributed by atoms with van der Waals surface area (Å²) in [4.78, 5) is 18.9. The quantitative estimate of drug-likeness (QED) is 0.527. The van der Waals surface area contributed by atoms with Crippen LogP contribution in [0.15, 0.2) is 65.3 Å². The Morgan fingerprint density at radius 3 is 2.86 bits per heavy atom. The predicted molar refractivity (Wildman–Crippen MR) is 106 cm³/mol. The molecule has 1 aliphatic rings. The monoisotopic (exact) mass is 392 g/mol. The van der Waals surface area contributed by atoms with Crippen LogP contribution in [0.4, 0.5) is 0 Å². The highest BCUT2D eigenvalue weighted by molar-refractivity contribution is 6.30. The molecule has 0 N–H and O–H groups in total. The Balaban J connectivity index is 1.23. The largest absolute Gasteiger partial charge is 0.339 e. The van der Waals surface area contributed by atoms with E-state index in [1.54, 1.807) is 12.1 Å². The van der Waals surface area contributed by atoms with Gasteiger partial charge in [0.1, 0.15) is 6.54 Å². The molecule has 2 aromatic heterocycles. The van der Waals surface area contributed by atoms with Crippen LogP contribution in [-0.4, -0.2) is 38.6 Å². The fourth-order valence-electron chi connectivity index (χ4n) is 3.51. The first-order chi connectivity index (χ1) is 13.7. The maximum absolute atomic E-state index is 12.6. The van der Waals surface area contributed by atoms with Crippen molar-refractivity contribution < 1.29 is 9.32 Å². The summed E-state index contributed by atoms with van der Waals surface area (Å²) >= 11 is 6.02. The highest BCUT2D eigenvalue weighted by atomic mass is 35.5. The van der Waals surface area contributed by atoms with Crippen LogP contribution in [0.2, 0.25) is 5.02 Å². The Kier molecular flexibility index (Phi) is 4.13. The van der Waals surface area contributed by atoms with E-state index in [2.05, 4.69) is 10.1 Å². The van der Waals surface area contributed by atoms with Crippen LogP contribution >= 0.6 is 11.6 Å². The maximum Gasteiger partial charge on any atom is 0.242 e. The summed E-state index contributed by atoms with van der Waals surface area (Å²) in [5.41, 5.74) is 1.88. The van der Waals surface area contributed by atoms with E-state index in [0.29, 0.717) is 36.4 Å². The SMILES string of the molecule is O=C(Cn1ccc2ccccc21)N1CC(c2nc(-c3cccc(Cl)c3)no2)C1. The topological polar surface area (TPSA) is 64.2 Å². The Morgan fingerprint density at radius 1 is 1.14 bits per heavy atom. The Hall–Kier alpha value is -3.12. The molecule has 0 bridgehead atoms. The van der Waals surface area contributed by atoms with Crippen molar-refractivity contribution in [2.45, 2.75) is 12.5 Å². The van der Waals surface area contributed by atoms with E-state index in [-0.39, 0.29) is 11.8 Å². The van der Waals surface area contributed by atoms with Crippen molar-refractivity contribution in [3.8, 4) is 11.4 Å². The summed E-state index contributed by atoms with van der Waals surface area (Å²) in [6.45, 7) is 1.52. The average molecular weight is 393 g/mol. The van der Waals surface area contributed by atoms with Gasteiger partial charge in [0.15, 0.2) is 0 Å². The average Bonchev–Trinajstić information content (AvgIpc) is 3.29. The molecule has 5 rings (SSSR count). The molecule has 1 fully saturated rings. The van der Waals surface area contributed by atoms with Crippen LogP contribution in [0, 0.1) is 0 Å². The number of fused-ring (bicyclic) bond motifs is 1. The van der Waals surface area contributed by atoms with Crippen molar-refractivity contribution in [1.82, 2.24) is 19.6 Å². The molecule has 28 heavy (non-hydrogen) atoms. The summed E-state index contributed by atoms with van der Waals surface area (Å²) in [6, 6.07) is 17.4. The number of benzene rings is 2. The molecule has 1 saturated heterocycles. The van der Waals surface area contributed by atoms with Gasteiger partial charge in [-0.1, -0.05) is 47.1 Å². The third-order valence-electron chi connectivity index (χ3n) is 5.09. The molecule has 140 valence electrons. The fourth-order valence-corrected chi connectivity index (χ4v) is 3.70. The number of halogens is 1. The molecule has 2 aromatic carbocycles. The zero-order chi connectivity index (χ0) is 19.1. The summed E-state index contributed by atoms with van der Waals surface area (Å²) in [5.74, 6) is 1.24. The number of nitrogens with zero attached hydrogens (tertiary/aromatic N) is 4. The Bertz CT molecular complexity index is 1160. The summed E-state index contributed by atoms with van der Waals surface area (Å²) < 4.78 is 7.39. The lowest BCUT2D eigenvalue weighted by atomic mass is 10.00.